The fraction of sp³-hybridized carbons (Fsp3) is 0.846. The van der Waals surface area contributed by atoms with Crippen molar-refractivity contribution in [2.75, 3.05) is 46.5 Å². The van der Waals surface area contributed by atoms with Crippen molar-refractivity contribution in [1.29, 1.82) is 0 Å². The van der Waals surface area contributed by atoms with Gasteiger partial charge in [0.15, 0.2) is 0 Å². The normalized spacial score (nSPS) is 21.2. The van der Waals surface area contributed by atoms with Gasteiger partial charge in [0, 0.05) is 33.3 Å². The summed E-state index contributed by atoms with van der Waals surface area (Å²) in [5.74, 6) is -0.380. The molecule has 1 fully saturated rings. The van der Waals surface area contributed by atoms with Crippen LogP contribution in [0, 0.1) is 0 Å². The zero-order valence-electron chi connectivity index (χ0n) is 12.5. The van der Waals surface area contributed by atoms with E-state index in [9.17, 15) is 9.59 Å². The Morgan fingerprint density at radius 1 is 1.50 bits per heavy atom. The molecule has 1 aliphatic heterocycles. The van der Waals surface area contributed by atoms with E-state index >= 15 is 0 Å². The third-order valence-corrected chi connectivity index (χ3v) is 3.33. The summed E-state index contributed by atoms with van der Waals surface area (Å²) in [7, 11) is 1.59. The molecule has 116 valence electrons. The van der Waals surface area contributed by atoms with E-state index in [1.807, 2.05) is 4.90 Å². The lowest BCUT2D eigenvalue weighted by molar-refractivity contribution is -0.152. The first kappa shape index (κ1) is 16.9. The molecule has 7 nitrogen and oxygen atoms in total. The summed E-state index contributed by atoms with van der Waals surface area (Å²) in [5.41, 5.74) is 0. The number of methoxy groups -OCH3 is 1. The largest absolute Gasteiger partial charge is 0.465 e. The Balaban J connectivity index is 2.59. The molecule has 1 saturated heterocycles. The maximum Gasteiger partial charge on any atom is 0.324 e. The van der Waals surface area contributed by atoms with Crippen LogP contribution in [0.25, 0.3) is 0 Å². The van der Waals surface area contributed by atoms with E-state index in [4.69, 9.17) is 9.47 Å². The summed E-state index contributed by atoms with van der Waals surface area (Å²) in [5, 5.41) is 5.95. The lowest BCUT2D eigenvalue weighted by atomic mass is 10.1. The van der Waals surface area contributed by atoms with Crippen molar-refractivity contribution in [3.63, 3.8) is 0 Å². The van der Waals surface area contributed by atoms with E-state index in [0.717, 1.165) is 6.54 Å². The zero-order chi connectivity index (χ0) is 15.0. The molecule has 2 unspecified atom stereocenters. The number of hydrogen-bond acceptors (Lipinski definition) is 6. The maximum atomic E-state index is 12.1. The Bertz CT molecular complexity index is 325. The van der Waals surface area contributed by atoms with Crippen LogP contribution in [0.2, 0.25) is 0 Å². The smallest absolute Gasteiger partial charge is 0.324 e. The second-order valence-electron chi connectivity index (χ2n) is 4.67. The lowest BCUT2D eigenvalue weighted by Crippen LogP contribution is -2.61. The average Bonchev–Trinajstić information content (AvgIpc) is 2.47. The molecule has 20 heavy (non-hydrogen) atoms. The number of ether oxygens (including phenoxy) is 2. The number of rotatable bonds is 7. The van der Waals surface area contributed by atoms with Gasteiger partial charge in [-0.15, -0.1) is 0 Å². The highest BCUT2D eigenvalue weighted by Gasteiger charge is 2.35. The molecular formula is C13H25N3O4. The molecule has 0 aromatic carbocycles. The molecule has 1 rings (SSSR count). The second-order valence-corrected chi connectivity index (χ2v) is 4.67. The van der Waals surface area contributed by atoms with Crippen LogP contribution in [0.3, 0.4) is 0 Å². The van der Waals surface area contributed by atoms with Crippen molar-refractivity contribution >= 4 is 11.9 Å². The first-order valence-corrected chi connectivity index (χ1v) is 7.01. The number of nitrogens with one attached hydrogen (secondary N) is 2. The third-order valence-electron chi connectivity index (χ3n) is 3.33. The van der Waals surface area contributed by atoms with Crippen molar-refractivity contribution in [3.8, 4) is 0 Å². The number of esters is 1. The minimum Gasteiger partial charge on any atom is -0.465 e. The number of amides is 1. The van der Waals surface area contributed by atoms with Crippen LogP contribution in [0.15, 0.2) is 0 Å². The van der Waals surface area contributed by atoms with Crippen LogP contribution >= 0.6 is 0 Å². The third kappa shape index (κ3) is 4.73. The van der Waals surface area contributed by atoms with Crippen molar-refractivity contribution in [2.24, 2.45) is 0 Å². The van der Waals surface area contributed by atoms with Crippen molar-refractivity contribution in [1.82, 2.24) is 15.5 Å². The minimum atomic E-state index is -0.410. The van der Waals surface area contributed by atoms with Crippen LogP contribution in [0.1, 0.15) is 13.8 Å². The average molecular weight is 287 g/mol. The number of hydrogen-bond donors (Lipinski definition) is 2. The molecular weight excluding hydrogens is 262 g/mol. The van der Waals surface area contributed by atoms with Crippen molar-refractivity contribution < 1.29 is 19.1 Å². The van der Waals surface area contributed by atoms with E-state index in [0.29, 0.717) is 32.8 Å². The summed E-state index contributed by atoms with van der Waals surface area (Å²) >= 11 is 0. The molecule has 2 N–H and O–H groups in total. The molecule has 1 aliphatic rings. The molecule has 0 aromatic rings. The van der Waals surface area contributed by atoms with Gasteiger partial charge in [-0.05, 0) is 13.8 Å². The summed E-state index contributed by atoms with van der Waals surface area (Å²) in [6.07, 6.45) is 0. The van der Waals surface area contributed by atoms with Gasteiger partial charge in [-0.2, -0.15) is 0 Å². The highest BCUT2D eigenvalue weighted by atomic mass is 16.5. The van der Waals surface area contributed by atoms with Crippen LogP contribution in [0.4, 0.5) is 0 Å². The molecule has 2 atom stereocenters. The maximum absolute atomic E-state index is 12.1. The summed E-state index contributed by atoms with van der Waals surface area (Å²) < 4.78 is 9.96. The quantitative estimate of drug-likeness (QED) is 0.461. The molecule has 1 amide bonds. The van der Waals surface area contributed by atoms with E-state index in [1.165, 1.54) is 0 Å². The number of nitrogens with zero attached hydrogens (tertiary/aromatic N) is 1. The molecule has 0 radical (unpaired) electrons. The Labute approximate surface area is 120 Å². The van der Waals surface area contributed by atoms with Gasteiger partial charge in [0.25, 0.3) is 0 Å². The second kappa shape index (κ2) is 8.89. The van der Waals surface area contributed by atoms with Crippen LogP contribution in [-0.4, -0.2) is 75.4 Å². The van der Waals surface area contributed by atoms with Gasteiger partial charge in [-0.3, -0.25) is 14.5 Å². The highest BCUT2D eigenvalue weighted by Crippen LogP contribution is 2.10. The van der Waals surface area contributed by atoms with E-state index in [-0.39, 0.29) is 17.9 Å². The van der Waals surface area contributed by atoms with Crippen LogP contribution in [0.5, 0.6) is 0 Å². The van der Waals surface area contributed by atoms with Gasteiger partial charge in [-0.25, -0.2) is 0 Å². The van der Waals surface area contributed by atoms with Gasteiger partial charge < -0.3 is 20.1 Å². The highest BCUT2D eigenvalue weighted by molar-refractivity contribution is 5.83. The molecule has 7 heteroatoms. The van der Waals surface area contributed by atoms with Crippen molar-refractivity contribution in [3.05, 3.63) is 0 Å². The van der Waals surface area contributed by atoms with Gasteiger partial charge in [0.1, 0.15) is 6.04 Å². The Morgan fingerprint density at radius 2 is 2.25 bits per heavy atom. The monoisotopic (exact) mass is 287 g/mol. The Hall–Kier alpha value is -1.18. The zero-order valence-corrected chi connectivity index (χ0v) is 12.5. The van der Waals surface area contributed by atoms with E-state index < -0.39 is 6.04 Å². The van der Waals surface area contributed by atoms with Gasteiger partial charge in [0.05, 0.1) is 19.3 Å². The molecule has 0 spiro atoms. The van der Waals surface area contributed by atoms with E-state index in [2.05, 4.69) is 10.6 Å². The van der Waals surface area contributed by atoms with Crippen molar-refractivity contribution in [2.45, 2.75) is 25.9 Å². The molecule has 0 bridgehead atoms. The predicted molar refractivity (Wildman–Crippen MR) is 74.3 cm³/mol. The van der Waals surface area contributed by atoms with Gasteiger partial charge >= 0.3 is 5.97 Å². The summed E-state index contributed by atoms with van der Waals surface area (Å²) in [6.45, 7) is 6.77. The topological polar surface area (TPSA) is 79.9 Å². The number of piperazine rings is 1. The van der Waals surface area contributed by atoms with Gasteiger partial charge in [-0.1, -0.05) is 0 Å². The first-order valence-electron chi connectivity index (χ1n) is 7.01. The first-order chi connectivity index (χ1) is 9.61. The summed E-state index contributed by atoms with van der Waals surface area (Å²) in [6, 6.07) is -0.782. The summed E-state index contributed by atoms with van der Waals surface area (Å²) in [4.78, 5) is 25.9. The van der Waals surface area contributed by atoms with E-state index in [1.54, 1.807) is 21.0 Å². The fourth-order valence-electron chi connectivity index (χ4n) is 2.22. The van der Waals surface area contributed by atoms with Crippen LogP contribution < -0.4 is 10.6 Å². The number of carbonyl (C=O) groups is 2. The van der Waals surface area contributed by atoms with Crippen LogP contribution in [-0.2, 0) is 19.1 Å². The Kier molecular flexibility index (Phi) is 7.50. The predicted octanol–water partition coefficient (Wildman–Crippen LogP) is -1.03. The number of carbonyl (C=O) groups excluding carboxylic acids is 2. The Morgan fingerprint density at radius 3 is 2.90 bits per heavy atom. The molecule has 0 saturated carbocycles. The van der Waals surface area contributed by atoms with Gasteiger partial charge in [0.2, 0.25) is 5.91 Å². The molecule has 0 aromatic heterocycles. The lowest BCUT2D eigenvalue weighted by Gasteiger charge is -2.37. The SMILES string of the molecule is CCOC(=O)C1CNCCN1C(C)C(=O)NCCOC. The molecule has 1 heterocycles. The molecule has 0 aliphatic carbocycles. The standard InChI is InChI=1S/C13H25N3O4/c1-4-20-13(18)11-9-14-5-7-16(11)10(2)12(17)15-6-8-19-3/h10-11,14H,4-9H2,1-3H3,(H,15,17). The fourth-order valence-corrected chi connectivity index (χ4v) is 2.22. The minimum absolute atomic E-state index is 0.0988.